The molecule has 10 rings (SSSR count). The third-order valence-corrected chi connectivity index (χ3v) is 12.7. The number of imide groups is 2. The number of phenols is 1. The lowest BCUT2D eigenvalue weighted by Crippen LogP contribution is -2.53. The van der Waals surface area contributed by atoms with Crippen LogP contribution in [0.25, 0.3) is 22.6 Å². The fourth-order valence-electron chi connectivity index (χ4n) is 9.91. The highest BCUT2D eigenvalue weighted by Crippen LogP contribution is 2.64. The third kappa shape index (κ3) is 5.50. The number of carbonyl (C=O) groups excluding carboxylic acids is 4. The van der Waals surface area contributed by atoms with Crippen molar-refractivity contribution in [2.75, 3.05) is 17.4 Å². The summed E-state index contributed by atoms with van der Waals surface area (Å²) in [6.07, 6.45) is 2.23. The first-order valence-electron chi connectivity index (χ1n) is 19.2. The molecule has 294 valence electrons. The Labute approximate surface area is 341 Å². The van der Waals surface area contributed by atoms with Gasteiger partial charge in [-0.05, 0) is 115 Å². The maximum absolute atomic E-state index is 15.4. The fraction of sp³-hybridized carbons (Fsp3) is 0.196. The van der Waals surface area contributed by atoms with Gasteiger partial charge in [-0.1, -0.05) is 53.6 Å². The van der Waals surface area contributed by atoms with Crippen LogP contribution in [0.5, 0.6) is 11.5 Å². The molecule has 13 heteroatoms. The van der Waals surface area contributed by atoms with E-state index in [9.17, 15) is 23.9 Å². The Morgan fingerprint density at radius 1 is 0.881 bits per heavy atom. The van der Waals surface area contributed by atoms with Crippen LogP contribution in [0.3, 0.4) is 0 Å². The molecular formula is C46H34ClFN4O7. The van der Waals surface area contributed by atoms with Gasteiger partial charge >= 0.3 is 0 Å². The number of anilines is 2. The number of hydrazine groups is 1. The van der Waals surface area contributed by atoms with E-state index in [4.69, 9.17) is 20.8 Å². The Morgan fingerprint density at radius 2 is 1.63 bits per heavy atom. The minimum Gasteiger partial charge on any atom is -0.504 e. The Bertz CT molecular complexity index is 2720. The van der Waals surface area contributed by atoms with E-state index in [1.165, 1.54) is 42.3 Å². The number of hydrogen-bond acceptors (Lipinski definition) is 9. The average Bonchev–Trinajstić information content (AvgIpc) is 3.86. The molecule has 5 aromatic carbocycles. The lowest BCUT2D eigenvalue weighted by molar-refractivity contribution is -0.138. The summed E-state index contributed by atoms with van der Waals surface area (Å²) in [7, 11) is 1.42. The molecule has 0 spiro atoms. The van der Waals surface area contributed by atoms with Crippen LogP contribution in [0.2, 0.25) is 5.02 Å². The topological polar surface area (TPSA) is 142 Å². The zero-order chi connectivity index (χ0) is 40.7. The van der Waals surface area contributed by atoms with Gasteiger partial charge in [0.15, 0.2) is 17.1 Å². The van der Waals surface area contributed by atoms with Crippen LogP contribution in [0.15, 0.2) is 131 Å². The number of carbonyl (C=O) groups is 4. The molecule has 59 heavy (non-hydrogen) atoms. The molecule has 11 nitrogen and oxygen atoms in total. The van der Waals surface area contributed by atoms with Crippen LogP contribution >= 0.6 is 11.6 Å². The van der Waals surface area contributed by atoms with E-state index in [1.54, 1.807) is 60.7 Å². The van der Waals surface area contributed by atoms with Crippen LogP contribution in [-0.2, 0) is 24.6 Å². The first kappa shape index (κ1) is 36.5. The molecule has 1 aromatic heterocycles. The summed E-state index contributed by atoms with van der Waals surface area (Å²) in [6, 6.07) is 31.2. The number of amides is 4. The SMILES string of the molecule is COc1cc([C@H]2C3=CC[C@@H]4C(=O)N(c5ccc(-c6nc7ccccc7o6)cc5)C(=O)[C@@H]4[C@@H]3C[C@H]3C(=O)N(Nc4ccc(F)cc4)C(=O)[C@@]23c2ccc(Cl)cc2)ccc1O. The maximum Gasteiger partial charge on any atom is 0.260 e. The molecule has 0 bridgehead atoms. The minimum absolute atomic E-state index is 0.0665. The number of allylic oxidation sites excluding steroid dienone is 2. The van der Waals surface area contributed by atoms with Crippen LogP contribution in [0.1, 0.15) is 29.9 Å². The van der Waals surface area contributed by atoms with Crippen molar-refractivity contribution < 1.29 is 37.8 Å². The second kappa shape index (κ2) is 13.7. The highest BCUT2D eigenvalue weighted by molar-refractivity contribution is 6.30. The molecular weight excluding hydrogens is 775 g/mol. The molecule has 2 N–H and O–H groups in total. The van der Waals surface area contributed by atoms with Crippen molar-refractivity contribution in [2.45, 2.75) is 24.2 Å². The Morgan fingerprint density at radius 3 is 2.36 bits per heavy atom. The molecule has 0 unspecified atom stereocenters. The smallest absolute Gasteiger partial charge is 0.260 e. The first-order valence-corrected chi connectivity index (χ1v) is 19.5. The number of aromatic hydroxyl groups is 1. The monoisotopic (exact) mass is 808 g/mol. The summed E-state index contributed by atoms with van der Waals surface area (Å²) < 4.78 is 25.4. The van der Waals surface area contributed by atoms with Crippen LogP contribution in [0, 0.1) is 29.5 Å². The van der Waals surface area contributed by atoms with E-state index >= 15 is 4.79 Å². The predicted octanol–water partition coefficient (Wildman–Crippen LogP) is 8.19. The van der Waals surface area contributed by atoms with Gasteiger partial charge in [-0.25, -0.2) is 9.37 Å². The summed E-state index contributed by atoms with van der Waals surface area (Å²) in [5, 5.41) is 12.1. The standard InChI is InChI=1S/C46H34ClFN4O7/c1-58-38-22-25(8-21-36(38)53)40-31-19-20-32-39(44(56)51(42(32)54)30-17-6-24(7-18-30)41-49-35-4-2-3-5-37(35)59-41)33(31)23-34-43(55)52(50-29-15-13-28(48)14-16-29)45(57)46(34,40)26-9-11-27(47)12-10-26/h2-19,21-22,32-34,39-40,50,53H,20,23H2,1H3/t32-,33+,34-,39-,40-,46+/m0/s1. The number of oxazole rings is 1. The van der Waals surface area contributed by atoms with Crippen molar-refractivity contribution in [1.29, 1.82) is 0 Å². The number of nitrogens with one attached hydrogen (secondary N) is 1. The van der Waals surface area contributed by atoms with Crippen molar-refractivity contribution >= 4 is 57.7 Å². The molecule has 0 radical (unpaired) electrons. The molecule has 2 aliphatic carbocycles. The summed E-state index contributed by atoms with van der Waals surface area (Å²) in [5.41, 5.74) is 5.88. The molecule has 3 heterocycles. The molecule has 3 fully saturated rings. The highest BCUT2D eigenvalue weighted by atomic mass is 35.5. The zero-order valence-electron chi connectivity index (χ0n) is 31.3. The number of phenolic OH excluding ortho intramolecular Hbond substituents is 1. The van der Waals surface area contributed by atoms with Crippen molar-refractivity contribution in [2.24, 2.45) is 23.7 Å². The number of hydrogen-bond donors (Lipinski definition) is 2. The number of benzene rings is 5. The first-order chi connectivity index (χ1) is 28.6. The van der Waals surface area contributed by atoms with Gasteiger partial charge in [0.05, 0.1) is 41.7 Å². The quantitative estimate of drug-likeness (QED) is 0.121. The Hall–Kier alpha value is -6.79. The van der Waals surface area contributed by atoms with Gasteiger partial charge in [0.1, 0.15) is 11.3 Å². The molecule has 6 aromatic rings. The molecule has 6 atom stereocenters. The van der Waals surface area contributed by atoms with E-state index in [0.717, 1.165) is 10.6 Å². The minimum atomic E-state index is -1.59. The fourth-order valence-corrected chi connectivity index (χ4v) is 10.0. The van der Waals surface area contributed by atoms with Crippen LogP contribution in [0.4, 0.5) is 15.8 Å². The molecule has 2 saturated heterocycles. The second-order valence-corrected chi connectivity index (χ2v) is 15.8. The van der Waals surface area contributed by atoms with Gasteiger partial charge < -0.3 is 14.3 Å². The third-order valence-electron chi connectivity index (χ3n) is 12.5. The summed E-state index contributed by atoms with van der Waals surface area (Å²) >= 11 is 6.39. The largest absolute Gasteiger partial charge is 0.504 e. The van der Waals surface area contributed by atoms with Crippen LogP contribution in [-0.4, -0.2) is 45.8 Å². The Balaban J connectivity index is 1.08. The normalized spacial score (nSPS) is 24.9. The van der Waals surface area contributed by atoms with Gasteiger partial charge in [0.2, 0.25) is 17.7 Å². The number of rotatable bonds is 7. The molecule has 4 aliphatic rings. The highest BCUT2D eigenvalue weighted by Gasteiger charge is 2.70. The average molecular weight is 809 g/mol. The van der Waals surface area contributed by atoms with Gasteiger partial charge in [0.25, 0.3) is 11.8 Å². The number of ether oxygens (including phenoxy) is 1. The van der Waals surface area contributed by atoms with Gasteiger partial charge in [-0.3, -0.25) is 29.5 Å². The second-order valence-electron chi connectivity index (χ2n) is 15.4. The number of fused-ring (bicyclic) bond motifs is 5. The number of nitrogens with zero attached hydrogens (tertiary/aromatic N) is 3. The van der Waals surface area contributed by atoms with Crippen molar-refractivity contribution in [1.82, 2.24) is 9.99 Å². The van der Waals surface area contributed by atoms with Crippen molar-refractivity contribution in [3.8, 4) is 23.0 Å². The maximum atomic E-state index is 15.4. The van der Waals surface area contributed by atoms with E-state index in [-0.39, 0.29) is 30.2 Å². The van der Waals surface area contributed by atoms with Gasteiger partial charge in [-0.15, -0.1) is 0 Å². The number of para-hydroxylation sites is 2. The Kier molecular flexibility index (Phi) is 8.46. The van der Waals surface area contributed by atoms with Gasteiger partial charge in [0, 0.05) is 16.5 Å². The molecule has 2 aliphatic heterocycles. The van der Waals surface area contributed by atoms with E-state index in [1.807, 2.05) is 30.3 Å². The predicted molar refractivity (Wildman–Crippen MR) is 216 cm³/mol. The number of aromatic nitrogens is 1. The van der Waals surface area contributed by atoms with Gasteiger partial charge in [-0.2, -0.15) is 5.01 Å². The van der Waals surface area contributed by atoms with E-state index in [0.29, 0.717) is 50.1 Å². The van der Waals surface area contributed by atoms with E-state index in [2.05, 4.69) is 10.4 Å². The van der Waals surface area contributed by atoms with Crippen molar-refractivity contribution in [3.05, 3.63) is 149 Å². The molecule has 1 saturated carbocycles. The number of halogens is 2. The summed E-state index contributed by atoms with van der Waals surface area (Å²) in [6.45, 7) is 0. The molecule has 4 amide bonds. The van der Waals surface area contributed by atoms with Crippen LogP contribution < -0.4 is 15.1 Å². The number of methoxy groups -OCH3 is 1. The van der Waals surface area contributed by atoms with Crippen molar-refractivity contribution in [3.63, 3.8) is 0 Å². The summed E-state index contributed by atoms with van der Waals surface area (Å²) in [5.74, 6) is -6.01. The zero-order valence-corrected chi connectivity index (χ0v) is 32.1. The van der Waals surface area contributed by atoms with E-state index < -0.39 is 58.5 Å². The lowest BCUT2D eigenvalue weighted by atomic mass is 9.49. The summed E-state index contributed by atoms with van der Waals surface area (Å²) in [4.78, 5) is 65.2. The lowest BCUT2D eigenvalue weighted by Gasteiger charge is -2.50.